The van der Waals surface area contributed by atoms with Gasteiger partial charge in [-0.15, -0.1) is 0 Å². The first-order valence-electron chi connectivity index (χ1n) is 6.43. The van der Waals surface area contributed by atoms with E-state index in [4.69, 9.17) is 0 Å². The van der Waals surface area contributed by atoms with Gasteiger partial charge in [0.15, 0.2) is 0 Å². The normalized spacial score (nSPS) is 11.5. The van der Waals surface area contributed by atoms with Crippen LogP contribution in [0.4, 0.5) is 0 Å². The zero-order valence-electron chi connectivity index (χ0n) is 11.2. The fourth-order valence-electron chi connectivity index (χ4n) is 1.82. The van der Waals surface area contributed by atoms with E-state index in [1.54, 1.807) is 0 Å². The molecule has 0 heterocycles. The molecule has 0 fully saturated rings. The smallest absolute Gasteiger partial charge is 0.0143 e. The molecule has 1 N–H and O–H groups in total. The Bertz CT molecular complexity index is 170. The molecule has 0 aliphatic heterocycles. The maximum atomic E-state index is 4.08. The lowest BCUT2D eigenvalue weighted by atomic mass is 9.83. The number of rotatable bonds is 9. The summed E-state index contributed by atoms with van der Waals surface area (Å²) in [5, 5.41) is 3.40. The Labute approximate surface area is 96.3 Å². The molecule has 0 atom stereocenters. The van der Waals surface area contributed by atoms with Gasteiger partial charge in [-0.05, 0) is 31.1 Å². The van der Waals surface area contributed by atoms with Gasteiger partial charge in [-0.3, -0.25) is 0 Å². The molecule has 0 aromatic rings. The minimum absolute atomic E-state index is 0.476. The van der Waals surface area contributed by atoms with E-state index < -0.39 is 0 Å². The van der Waals surface area contributed by atoms with Gasteiger partial charge in [-0.1, -0.05) is 47.1 Å². The molecule has 0 amide bonds. The second-order valence-electron chi connectivity index (χ2n) is 5.30. The second-order valence-corrected chi connectivity index (χ2v) is 5.30. The Kier molecular flexibility index (Phi) is 7.54. The predicted octanol–water partition coefficient (Wildman–Crippen LogP) is 4.50. The second kappa shape index (κ2) is 7.78. The molecule has 0 radical (unpaired) electrons. The molecule has 0 unspecified atom stereocenters. The third-order valence-electron chi connectivity index (χ3n) is 2.94. The minimum Gasteiger partial charge on any atom is -0.389 e. The summed E-state index contributed by atoms with van der Waals surface area (Å²) >= 11 is 0. The van der Waals surface area contributed by atoms with Crippen LogP contribution in [0.5, 0.6) is 0 Å². The monoisotopic (exact) mass is 211 g/mol. The number of unbranched alkanes of at least 4 members (excludes halogenated alkanes) is 1. The summed E-state index contributed by atoms with van der Waals surface area (Å²) in [6.07, 6.45) is 7.46. The van der Waals surface area contributed by atoms with Gasteiger partial charge in [-0.25, -0.2) is 0 Å². The van der Waals surface area contributed by atoms with Crippen LogP contribution in [-0.4, -0.2) is 6.54 Å². The van der Waals surface area contributed by atoms with E-state index in [1.807, 2.05) is 0 Å². The fraction of sp³-hybridized carbons (Fsp3) is 0.857. The molecule has 0 rings (SSSR count). The summed E-state index contributed by atoms with van der Waals surface area (Å²) < 4.78 is 0. The molecule has 1 heteroatoms. The lowest BCUT2D eigenvalue weighted by Crippen LogP contribution is -2.17. The lowest BCUT2D eigenvalue weighted by molar-refractivity contribution is 0.302. The quantitative estimate of drug-likeness (QED) is 0.554. The molecule has 90 valence electrons. The third-order valence-corrected chi connectivity index (χ3v) is 2.94. The molecule has 1 nitrogen and oxygen atoms in total. The molecule has 0 aliphatic rings. The number of nitrogens with one attached hydrogen (secondary N) is 1. The topological polar surface area (TPSA) is 12.0 Å². The minimum atomic E-state index is 0.476. The largest absolute Gasteiger partial charge is 0.389 e. The van der Waals surface area contributed by atoms with Gasteiger partial charge >= 0.3 is 0 Å². The maximum Gasteiger partial charge on any atom is 0.0143 e. The Morgan fingerprint density at radius 1 is 1.13 bits per heavy atom. The Balaban J connectivity index is 3.60. The van der Waals surface area contributed by atoms with Gasteiger partial charge in [0, 0.05) is 12.2 Å². The van der Waals surface area contributed by atoms with E-state index in [-0.39, 0.29) is 0 Å². The van der Waals surface area contributed by atoms with Crippen molar-refractivity contribution in [1.82, 2.24) is 5.32 Å². The molecular formula is C14H29N. The summed E-state index contributed by atoms with van der Waals surface area (Å²) in [5.74, 6) is 0. The zero-order valence-corrected chi connectivity index (χ0v) is 11.2. The highest BCUT2D eigenvalue weighted by molar-refractivity contribution is 4.92. The van der Waals surface area contributed by atoms with Gasteiger partial charge in [-0.2, -0.15) is 0 Å². The van der Waals surface area contributed by atoms with Crippen molar-refractivity contribution in [1.29, 1.82) is 0 Å². The summed E-state index contributed by atoms with van der Waals surface area (Å²) in [5.41, 5.74) is 1.69. The molecule has 0 aromatic carbocycles. The molecule has 0 aliphatic carbocycles. The van der Waals surface area contributed by atoms with Crippen LogP contribution in [0, 0.1) is 5.41 Å². The van der Waals surface area contributed by atoms with Crippen LogP contribution in [-0.2, 0) is 0 Å². The zero-order chi connectivity index (χ0) is 11.7. The molecule has 0 aromatic heterocycles. The van der Waals surface area contributed by atoms with Gasteiger partial charge < -0.3 is 5.32 Å². The standard InChI is InChI=1S/C14H29N/c1-6-8-12-15-13(3)9-11-14(4,5)10-7-2/h15H,3,6-12H2,1-2,4-5H3. The van der Waals surface area contributed by atoms with E-state index >= 15 is 0 Å². The Morgan fingerprint density at radius 3 is 2.33 bits per heavy atom. The van der Waals surface area contributed by atoms with Crippen molar-refractivity contribution in [3.8, 4) is 0 Å². The van der Waals surface area contributed by atoms with Crippen molar-refractivity contribution in [3.05, 3.63) is 12.3 Å². The number of hydrogen-bond acceptors (Lipinski definition) is 1. The van der Waals surface area contributed by atoms with Crippen LogP contribution in [0.1, 0.15) is 66.2 Å². The summed E-state index contributed by atoms with van der Waals surface area (Å²) in [7, 11) is 0. The fourth-order valence-corrected chi connectivity index (χ4v) is 1.82. The van der Waals surface area contributed by atoms with Gasteiger partial charge in [0.1, 0.15) is 0 Å². The van der Waals surface area contributed by atoms with Crippen molar-refractivity contribution in [3.63, 3.8) is 0 Å². The number of allylic oxidation sites excluding steroid dienone is 1. The number of hydrogen-bond donors (Lipinski definition) is 1. The Hall–Kier alpha value is -0.460. The molecular weight excluding hydrogens is 182 g/mol. The van der Waals surface area contributed by atoms with Gasteiger partial charge in [0.25, 0.3) is 0 Å². The molecule has 15 heavy (non-hydrogen) atoms. The molecule has 0 saturated carbocycles. The predicted molar refractivity (Wildman–Crippen MR) is 70.0 cm³/mol. The molecule has 0 spiro atoms. The molecule has 0 saturated heterocycles. The maximum absolute atomic E-state index is 4.08. The van der Waals surface area contributed by atoms with Crippen LogP contribution in [0.3, 0.4) is 0 Å². The highest BCUT2D eigenvalue weighted by Crippen LogP contribution is 2.28. The van der Waals surface area contributed by atoms with E-state index in [9.17, 15) is 0 Å². The van der Waals surface area contributed by atoms with Crippen molar-refractivity contribution >= 4 is 0 Å². The van der Waals surface area contributed by atoms with Crippen molar-refractivity contribution in [2.75, 3.05) is 6.54 Å². The van der Waals surface area contributed by atoms with E-state index in [0.29, 0.717) is 5.41 Å². The first-order chi connectivity index (χ1) is 7.02. The van der Waals surface area contributed by atoms with Crippen LogP contribution in [0.2, 0.25) is 0 Å². The van der Waals surface area contributed by atoms with Crippen LogP contribution < -0.4 is 5.32 Å². The van der Waals surface area contributed by atoms with E-state index in [0.717, 1.165) is 13.0 Å². The summed E-state index contributed by atoms with van der Waals surface area (Å²) in [6, 6.07) is 0. The average molecular weight is 211 g/mol. The summed E-state index contributed by atoms with van der Waals surface area (Å²) in [4.78, 5) is 0. The SMILES string of the molecule is C=C(CCC(C)(C)CCC)NCCCC. The van der Waals surface area contributed by atoms with E-state index in [1.165, 1.54) is 37.8 Å². The summed E-state index contributed by atoms with van der Waals surface area (Å²) in [6.45, 7) is 14.4. The first-order valence-corrected chi connectivity index (χ1v) is 6.43. The van der Waals surface area contributed by atoms with Crippen LogP contribution >= 0.6 is 0 Å². The van der Waals surface area contributed by atoms with Crippen molar-refractivity contribution < 1.29 is 0 Å². The van der Waals surface area contributed by atoms with Crippen molar-refractivity contribution in [2.45, 2.75) is 66.2 Å². The van der Waals surface area contributed by atoms with E-state index in [2.05, 4.69) is 39.6 Å². The molecule has 0 bridgehead atoms. The average Bonchev–Trinajstić information content (AvgIpc) is 2.15. The lowest BCUT2D eigenvalue weighted by Gasteiger charge is -2.24. The van der Waals surface area contributed by atoms with Gasteiger partial charge in [0.05, 0.1) is 0 Å². The highest BCUT2D eigenvalue weighted by Gasteiger charge is 2.16. The first kappa shape index (κ1) is 14.5. The third kappa shape index (κ3) is 8.53. The Morgan fingerprint density at radius 2 is 1.80 bits per heavy atom. The highest BCUT2D eigenvalue weighted by atomic mass is 14.9. The van der Waals surface area contributed by atoms with Crippen molar-refractivity contribution in [2.24, 2.45) is 5.41 Å². The van der Waals surface area contributed by atoms with Crippen LogP contribution in [0.25, 0.3) is 0 Å². The van der Waals surface area contributed by atoms with Gasteiger partial charge in [0.2, 0.25) is 0 Å². The van der Waals surface area contributed by atoms with Crippen LogP contribution in [0.15, 0.2) is 12.3 Å².